The third-order valence-electron chi connectivity index (χ3n) is 2.98. The van der Waals surface area contributed by atoms with Gasteiger partial charge in [0.2, 0.25) is 0 Å². The van der Waals surface area contributed by atoms with E-state index in [2.05, 4.69) is 6.58 Å². The molecule has 2 aromatic carbocycles. The predicted octanol–water partition coefficient (Wildman–Crippen LogP) is 2.89. The zero-order chi connectivity index (χ0) is 16.1. The van der Waals surface area contributed by atoms with E-state index in [4.69, 9.17) is 9.84 Å². The number of aromatic hydroxyl groups is 1. The summed E-state index contributed by atoms with van der Waals surface area (Å²) in [5.74, 6) is -1.65. The molecule has 5 nitrogen and oxygen atoms in total. The Labute approximate surface area is 127 Å². The first-order chi connectivity index (χ1) is 10.5. The number of aromatic carboxylic acids is 1. The molecular weight excluding hydrogens is 284 g/mol. The fraction of sp³-hybridized carbons (Fsp3) is 0.0588. The molecule has 22 heavy (non-hydrogen) atoms. The van der Waals surface area contributed by atoms with Gasteiger partial charge in [0.25, 0.3) is 0 Å². The van der Waals surface area contributed by atoms with E-state index in [0.717, 1.165) is 0 Å². The van der Waals surface area contributed by atoms with Crippen molar-refractivity contribution in [1.82, 2.24) is 0 Å². The number of carboxylic acids is 1. The first-order valence-electron chi connectivity index (χ1n) is 6.48. The van der Waals surface area contributed by atoms with Crippen LogP contribution in [0.15, 0.2) is 55.1 Å². The molecule has 0 spiro atoms. The molecule has 0 fully saturated rings. The Kier molecular flexibility index (Phi) is 4.58. The molecule has 112 valence electrons. The number of carboxylic acid groups (broad SMARTS) is 1. The van der Waals surface area contributed by atoms with E-state index in [1.54, 1.807) is 12.1 Å². The summed E-state index contributed by atoms with van der Waals surface area (Å²) in [5, 5.41) is 19.0. The maximum absolute atomic E-state index is 12.5. The molecule has 0 atom stereocenters. The maximum Gasteiger partial charge on any atom is 0.336 e. The molecule has 0 saturated carbocycles. The third kappa shape index (κ3) is 3.15. The molecule has 2 aromatic rings. The van der Waals surface area contributed by atoms with Crippen molar-refractivity contribution in [3.8, 4) is 11.5 Å². The van der Waals surface area contributed by atoms with Gasteiger partial charge in [-0.25, -0.2) is 4.79 Å². The van der Waals surface area contributed by atoms with Crippen molar-refractivity contribution < 1.29 is 24.5 Å². The Morgan fingerprint density at radius 2 is 1.77 bits per heavy atom. The van der Waals surface area contributed by atoms with E-state index in [-0.39, 0.29) is 29.0 Å². The molecule has 5 heteroatoms. The van der Waals surface area contributed by atoms with Crippen molar-refractivity contribution in [2.45, 2.75) is 0 Å². The summed E-state index contributed by atoms with van der Waals surface area (Å²) in [6, 6.07) is 10.1. The van der Waals surface area contributed by atoms with Crippen LogP contribution in [0.4, 0.5) is 0 Å². The van der Waals surface area contributed by atoms with E-state index < -0.39 is 11.8 Å². The van der Waals surface area contributed by atoms with Gasteiger partial charge in [-0.15, -0.1) is 0 Å². The average Bonchev–Trinajstić information content (AvgIpc) is 2.53. The molecule has 0 aromatic heterocycles. The number of hydrogen-bond acceptors (Lipinski definition) is 4. The van der Waals surface area contributed by atoms with Crippen LogP contribution in [0.3, 0.4) is 0 Å². The number of hydrogen-bond donors (Lipinski definition) is 2. The highest BCUT2D eigenvalue weighted by molar-refractivity contribution is 6.15. The molecule has 0 bridgehead atoms. The lowest BCUT2D eigenvalue weighted by Gasteiger charge is -2.09. The minimum Gasteiger partial charge on any atom is -0.507 e. The topological polar surface area (TPSA) is 83.8 Å². The Bertz CT molecular complexity index is 734. The highest BCUT2D eigenvalue weighted by Gasteiger charge is 2.20. The normalized spacial score (nSPS) is 10.0. The maximum atomic E-state index is 12.5. The highest BCUT2D eigenvalue weighted by atomic mass is 16.5. The average molecular weight is 298 g/mol. The van der Waals surface area contributed by atoms with Gasteiger partial charge in [0.15, 0.2) is 5.78 Å². The van der Waals surface area contributed by atoms with E-state index in [1.165, 1.54) is 36.4 Å². The van der Waals surface area contributed by atoms with Crippen LogP contribution in [0.5, 0.6) is 11.5 Å². The van der Waals surface area contributed by atoms with Crippen LogP contribution < -0.4 is 4.74 Å². The van der Waals surface area contributed by atoms with E-state index >= 15 is 0 Å². The van der Waals surface area contributed by atoms with Gasteiger partial charge in [-0.3, -0.25) is 4.79 Å². The molecule has 0 saturated heterocycles. The highest BCUT2D eigenvalue weighted by Crippen LogP contribution is 2.26. The Balaban J connectivity index is 2.45. The number of phenols is 1. The Morgan fingerprint density at radius 3 is 2.41 bits per heavy atom. The van der Waals surface area contributed by atoms with Crippen LogP contribution in [0.2, 0.25) is 0 Å². The molecule has 0 heterocycles. The molecule has 0 aliphatic rings. The van der Waals surface area contributed by atoms with Crippen LogP contribution in [-0.2, 0) is 0 Å². The molecular formula is C17H14O5. The second-order valence-electron chi connectivity index (χ2n) is 4.46. The lowest BCUT2D eigenvalue weighted by atomic mass is 9.97. The summed E-state index contributed by atoms with van der Waals surface area (Å²) in [5.41, 5.74) is -0.134. The van der Waals surface area contributed by atoms with Crippen LogP contribution in [0, 0.1) is 0 Å². The van der Waals surface area contributed by atoms with Crippen molar-refractivity contribution in [2.75, 3.05) is 6.61 Å². The number of phenolic OH excluding ortho intramolecular Hbond substituents is 1. The van der Waals surface area contributed by atoms with Gasteiger partial charge >= 0.3 is 5.97 Å². The largest absolute Gasteiger partial charge is 0.507 e. The summed E-state index contributed by atoms with van der Waals surface area (Å²) in [7, 11) is 0. The summed E-state index contributed by atoms with van der Waals surface area (Å²) < 4.78 is 5.32. The van der Waals surface area contributed by atoms with Crippen molar-refractivity contribution in [2.24, 2.45) is 0 Å². The smallest absolute Gasteiger partial charge is 0.336 e. The van der Waals surface area contributed by atoms with Crippen LogP contribution in [0.1, 0.15) is 26.3 Å². The van der Waals surface area contributed by atoms with Crippen molar-refractivity contribution >= 4 is 11.8 Å². The van der Waals surface area contributed by atoms with Gasteiger partial charge in [0.05, 0.1) is 11.1 Å². The standard InChI is InChI=1S/C17H14O5/c1-2-9-22-11-7-8-15(18)14(10-11)16(19)12-5-3-4-6-13(12)17(20)21/h2-8,10,18H,1,9H2,(H,20,21). The molecule has 2 rings (SSSR count). The van der Waals surface area contributed by atoms with E-state index in [9.17, 15) is 14.7 Å². The number of ether oxygens (including phenoxy) is 1. The molecule has 0 aliphatic heterocycles. The minimum absolute atomic E-state index is 0.00571. The molecule has 2 N–H and O–H groups in total. The first-order valence-corrected chi connectivity index (χ1v) is 6.48. The molecule has 0 radical (unpaired) electrons. The van der Waals surface area contributed by atoms with Gasteiger partial charge in [0.1, 0.15) is 18.1 Å². The van der Waals surface area contributed by atoms with Gasteiger partial charge < -0.3 is 14.9 Å². The summed E-state index contributed by atoms with van der Waals surface area (Å²) >= 11 is 0. The SMILES string of the molecule is C=CCOc1ccc(O)c(C(=O)c2ccccc2C(=O)O)c1. The van der Waals surface area contributed by atoms with Crippen molar-refractivity contribution in [3.05, 3.63) is 71.8 Å². The molecule has 0 unspecified atom stereocenters. The quantitative estimate of drug-likeness (QED) is 0.633. The number of rotatable bonds is 6. The Morgan fingerprint density at radius 1 is 1.09 bits per heavy atom. The zero-order valence-corrected chi connectivity index (χ0v) is 11.7. The van der Waals surface area contributed by atoms with E-state index in [0.29, 0.717) is 5.75 Å². The van der Waals surface area contributed by atoms with Crippen LogP contribution in [-0.4, -0.2) is 28.6 Å². The summed E-state index contributed by atoms with van der Waals surface area (Å²) in [4.78, 5) is 23.7. The van der Waals surface area contributed by atoms with Gasteiger partial charge in [-0.2, -0.15) is 0 Å². The Hall–Kier alpha value is -3.08. The van der Waals surface area contributed by atoms with Crippen LogP contribution in [0.25, 0.3) is 0 Å². The first kappa shape index (κ1) is 15.3. The lowest BCUT2D eigenvalue weighted by Crippen LogP contribution is -2.10. The fourth-order valence-electron chi connectivity index (χ4n) is 1.95. The zero-order valence-electron chi connectivity index (χ0n) is 11.7. The second kappa shape index (κ2) is 6.58. The number of carbonyl (C=O) groups excluding carboxylic acids is 1. The van der Waals surface area contributed by atoms with Gasteiger partial charge in [-0.05, 0) is 24.3 Å². The number of carbonyl (C=O) groups is 2. The monoisotopic (exact) mass is 298 g/mol. The minimum atomic E-state index is -1.21. The van der Waals surface area contributed by atoms with Crippen molar-refractivity contribution in [1.29, 1.82) is 0 Å². The second-order valence-corrected chi connectivity index (χ2v) is 4.46. The lowest BCUT2D eigenvalue weighted by molar-refractivity contribution is 0.0692. The molecule has 0 aliphatic carbocycles. The number of ketones is 1. The van der Waals surface area contributed by atoms with E-state index in [1.807, 2.05) is 0 Å². The number of benzene rings is 2. The molecule has 0 amide bonds. The summed E-state index contributed by atoms with van der Waals surface area (Å²) in [6.45, 7) is 3.78. The van der Waals surface area contributed by atoms with Crippen molar-refractivity contribution in [3.63, 3.8) is 0 Å². The summed E-state index contributed by atoms with van der Waals surface area (Å²) in [6.07, 6.45) is 1.55. The van der Waals surface area contributed by atoms with Crippen LogP contribution >= 0.6 is 0 Å². The predicted molar refractivity (Wildman–Crippen MR) is 80.6 cm³/mol. The third-order valence-corrected chi connectivity index (χ3v) is 2.98. The van der Waals surface area contributed by atoms with Gasteiger partial charge in [0, 0.05) is 5.56 Å². The fourth-order valence-corrected chi connectivity index (χ4v) is 1.95. The van der Waals surface area contributed by atoms with Gasteiger partial charge in [-0.1, -0.05) is 30.9 Å².